The Morgan fingerprint density at radius 3 is 2.79 bits per heavy atom. The van der Waals surface area contributed by atoms with Gasteiger partial charge >= 0.3 is 0 Å². The normalized spacial score (nSPS) is 14.3. The molecule has 6 heteroatoms. The molecule has 0 fully saturated rings. The smallest absolute Gasteiger partial charge is 0.231 e. The van der Waals surface area contributed by atoms with Crippen molar-refractivity contribution in [3.63, 3.8) is 0 Å². The number of nitrogens with zero attached hydrogens (tertiary/aromatic N) is 3. The van der Waals surface area contributed by atoms with Crippen LogP contribution < -0.4 is 5.32 Å². The summed E-state index contributed by atoms with van der Waals surface area (Å²) >= 11 is 0. The first-order valence-corrected chi connectivity index (χ1v) is 6.28. The van der Waals surface area contributed by atoms with Gasteiger partial charge in [0.25, 0.3) is 0 Å². The number of hydrogen-bond acceptors (Lipinski definition) is 5. The van der Waals surface area contributed by atoms with Gasteiger partial charge in [-0.2, -0.15) is 4.98 Å². The van der Waals surface area contributed by atoms with Crippen LogP contribution in [0.1, 0.15) is 32.1 Å². The van der Waals surface area contributed by atoms with Crippen molar-refractivity contribution in [2.45, 2.75) is 32.2 Å². The third-order valence-corrected chi connectivity index (χ3v) is 3.21. The molecule has 1 N–H and O–H groups in total. The predicted octanol–water partition coefficient (Wildman–Crippen LogP) is 2.37. The highest BCUT2D eigenvalue weighted by atomic mass is 19.1. The van der Waals surface area contributed by atoms with Gasteiger partial charge in [0.1, 0.15) is 11.5 Å². The van der Waals surface area contributed by atoms with Gasteiger partial charge in [0.05, 0.1) is 12.1 Å². The average Bonchev–Trinajstić information content (AvgIpc) is 2.89. The van der Waals surface area contributed by atoms with Gasteiger partial charge in [-0.3, -0.25) is 0 Å². The van der Waals surface area contributed by atoms with Crippen molar-refractivity contribution in [1.82, 2.24) is 20.4 Å². The number of pyridine rings is 1. The van der Waals surface area contributed by atoms with E-state index >= 15 is 0 Å². The van der Waals surface area contributed by atoms with E-state index in [1.807, 2.05) is 7.05 Å². The van der Waals surface area contributed by atoms with Crippen LogP contribution in [0.4, 0.5) is 4.39 Å². The molecular formula is C13H17FN4O. The Labute approximate surface area is 111 Å². The number of halogens is 1. The van der Waals surface area contributed by atoms with Crippen molar-refractivity contribution >= 4 is 0 Å². The molecule has 2 unspecified atom stereocenters. The summed E-state index contributed by atoms with van der Waals surface area (Å²) in [5.41, 5.74) is 0.503. The second-order valence-electron chi connectivity index (χ2n) is 4.41. The van der Waals surface area contributed by atoms with Gasteiger partial charge in [-0.05, 0) is 32.5 Å². The van der Waals surface area contributed by atoms with Crippen molar-refractivity contribution in [3.8, 4) is 11.5 Å². The van der Waals surface area contributed by atoms with Crippen molar-refractivity contribution in [1.29, 1.82) is 0 Å². The minimum Gasteiger partial charge on any atom is -0.339 e. The highest BCUT2D eigenvalue weighted by Gasteiger charge is 2.23. The molecule has 0 saturated carbocycles. The lowest BCUT2D eigenvalue weighted by molar-refractivity contribution is 0.322. The van der Waals surface area contributed by atoms with Crippen molar-refractivity contribution in [2.75, 3.05) is 7.05 Å². The molecule has 0 amide bonds. The van der Waals surface area contributed by atoms with Gasteiger partial charge in [-0.15, -0.1) is 0 Å². The average molecular weight is 264 g/mol. The van der Waals surface area contributed by atoms with Crippen molar-refractivity contribution < 1.29 is 8.91 Å². The Bertz CT molecular complexity index is 526. The van der Waals surface area contributed by atoms with Gasteiger partial charge in [0.2, 0.25) is 11.7 Å². The van der Waals surface area contributed by atoms with Gasteiger partial charge in [-0.25, -0.2) is 9.37 Å². The van der Waals surface area contributed by atoms with Crippen LogP contribution in [0.2, 0.25) is 0 Å². The molecular weight excluding hydrogens is 247 g/mol. The van der Waals surface area contributed by atoms with E-state index in [4.69, 9.17) is 4.52 Å². The lowest BCUT2D eigenvalue weighted by Crippen LogP contribution is -2.28. The summed E-state index contributed by atoms with van der Waals surface area (Å²) in [7, 11) is 1.89. The molecule has 0 spiro atoms. The van der Waals surface area contributed by atoms with E-state index in [0.717, 1.165) is 12.6 Å². The quantitative estimate of drug-likeness (QED) is 0.898. The molecule has 0 saturated heterocycles. The Hall–Kier alpha value is -1.82. The maximum absolute atomic E-state index is 12.8. The largest absolute Gasteiger partial charge is 0.339 e. The fourth-order valence-corrected chi connectivity index (χ4v) is 1.94. The number of likely N-dealkylation sites (N-methyl/N-ethyl adjacent to an activating group) is 1. The standard InChI is InChI=1S/C13H17FN4O/c1-4-10(8(2)15-3)13-17-12(18-19-13)11-6-5-9(14)7-16-11/h5-8,10,15H,4H2,1-3H3. The molecule has 0 bridgehead atoms. The maximum Gasteiger partial charge on any atom is 0.231 e. The van der Waals surface area contributed by atoms with Crippen LogP contribution in [-0.2, 0) is 0 Å². The summed E-state index contributed by atoms with van der Waals surface area (Å²) in [6, 6.07) is 3.10. The molecule has 0 aliphatic rings. The molecule has 2 heterocycles. The summed E-state index contributed by atoms with van der Waals surface area (Å²) in [5, 5.41) is 7.08. The van der Waals surface area contributed by atoms with E-state index in [-0.39, 0.29) is 17.8 Å². The van der Waals surface area contributed by atoms with E-state index < -0.39 is 0 Å². The first-order chi connectivity index (χ1) is 9.15. The zero-order valence-electron chi connectivity index (χ0n) is 11.2. The Balaban J connectivity index is 2.25. The summed E-state index contributed by atoms with van der Waals surface area (Å²) in [4.78, 5) is 8.28. The Morgan fingerprint density at radius 1 is 1.42 bits per heavy atom. The van der Waals surface area contributed by atoms with Crippen LogP contribution in [0.25, 0.3) is 11.5 Å². The number of aromatic nitrogens is 3. The second kappa shape index (κ2) is 5.88. The molecule has 5 nitrogen and oxygen atoms in total. The lowest BCUT2D eigenvalue weighted by atomic mass is 9.98. The molecule has 0 aromatic carbocycles. The first-order valence-electron chi connectivity index (χ1n) is 6.28. The Morgan fingerprint density at radius 2 is 2.21 bits per heavy atom. The number of nitrogens with one attached hydrogen (secondary N) is 1. The van der Waals surface area contributed by atoms with E-state index in [1.54, 1.807) is 0 Å². The van der Waals surface area contributed by atoms with Gasteiger partial charge in [0, 0.05) is 6.04 Å². The molecule has 19 heavy (non-hydrogen) atoms. The highest BCUT2D eigenvalue weighted by Crippen LogP contribution is 2.23. The SMILES string of the molecule is CCC(c1nc(-c2ccc(F)cn2)no1)C(C)NC. The van der Waals surface area contributed by atoms with Gasteiger partial charge in [0.15, 0.2) is 0 Å². The van der Waals surface area contributed by atoms with E-state index in [0.29, 0.717) is 17.4 Å². The minimum atomic E-state index is -0.386. The van der Waals surface area contributed by atoms with Crippen molar-refractivity contribution in [2.24, 2.45) is 0 Å². The first kappa shape index (κ1) is 13.6. The fraction of sp³-hybridized carbons (Fsp3) is 0.462. The zero-order valence-corrected chi connectivity index (χ0v) is 11.2. The third kappa shape index (κ3) is 2.96. The molecule has 2 aromatic heterocycles. The molecule has 0 aliphatic heterocycles. The molecule has 2 rings (SSSR count). The van der Waals surface area contributed by atoms with Crippen molar-refractivity contribution in [3.05, 3.63) is 30.0 Å². The zero-order chi connectivity index (χ0) is 13.8. The number of hydrogen-bond donors (Lipinski definition) is 1. The second-order valence-corrected chi connectivity index (χ2v) is 4.41. The van der Waals surface area contributed by atoms with Crippen LogP contribution in [0.15, 0.2) is 22.9 Å². The molecule has 0 radical (unpaired) electrons. The van der Waals surface area contributed by atoms with Crippen LogP contribution in [0, 0.1) is 5.82 Å². The molecule has 2 atom stereocenters. The Kier molecular flexibility index (Phi) is 4.21. The predicted molar refractivity (Wildman–Crippen MR) is 69.0 cm³/mol. The number of rotatable bonds is 5. The molecule has 0 aliphatic carbocycles. The third-order valence-electron chi connectivity index (χ3n) is 3.21. The van der Waals surface area contributed by atoms with Crippen LogP contribution in [-0.4, -0.2) is 28.2 Å². The van der Waals surface area contributed by atoms with Gasteiger partial charge < -0.3 is 9.84 Å². The van der Waals surface area contributed by atoms with E-state index in [2.05, 4.69) is 34.3 Å². The van der Waals surface area contributed by atoms with E-state index in [1.165, 1.54) is 12.1 Å². The van der Waals surface area contributed by atoms with E-state index in [9.17, 15) is 4.39 Å². The summed E-state index contributed by atoms with van der Waals surface area (Å²) < 4.78 is 18.1. The maximum atomic E-state index is 12.8. The fourth-order valence-electron chi connectivity index (χ4n) is 1.94. The summed E-state index contributed by atoms with van der Waals surface area (Å²) in [6.07, 6.45) is 2.03. The van der Waals surface area contributed by atoms with Gasteiger partial charge in [-0.1, -0.05) is 12.1 Å². The minimum absolute atomic E-state index is 0.145. The monoisotopic (exact) mass is 264 g/mol. The van der Waals surface area contributed by atoms with Crippen LogP contribution in [0.3, 0.4) is 0 Å². The highest BCUT2D eigenvalue weighted by molar-refractivity contribution is 5.47. The molecule has 102 valence electrons. The topological polar surface area (TPSA) is 63.8 Å². The lowest BCUT2D eigenvalue weighted by Gasteiger charge is -2.17. The summed E-state index contributed by atoms with van der Waals surface area (Å²) in [5.74, 6) is 0.719. The van der Waals surface area contributed by atoms with Crippen LogP contribution in [0.5, 0.6) is 0 Å². The summed E-state index contributed by atoms with van der Waals surface area (Å²) in [6.45, 7) is 4.13. The van der Waals surface area contributed by atoms with Crippen LogP contribution >= 0.6 is 0 Å². The molecule has 2 aromatic rings.